The lowest BCUT2D eigenvalue weighted by Crippen LogP contribution is -2.14. The summed E-state index contributed by atoms with van der Waals surface area (Å²) in [5, 5.41) is 10.3. The van der Waals surface area contributed by atoms with Crippen LogP contribution < -0.4 is 0 Å². The first-order valence-corrected chi connectivity index (χ1v) is 9.03. The van der Waals surface area contributed by atoms with Gasteiger partial charge in [0.25, 0.3) is 0 Å². The molecule has 0 heterocycles. The topological polar surface area (TPSA) is 37.3 Å². The zero-order valence-electron chi connectivity index (χ0n) is 14.6. The fourth-order valence-corrected chi connectivity index (χ4v) is 3.20. The monoisotopic (exact) mass is 324 g/mol. The summed E-state index contributed by atoms with van der Waals surface area (Å²) >= 11 is 0. The highest BCUT2D eigenvalue weighted by Gasteiger charge is 2.26. The molecule has 2 atom stereocenters. The molecular formula is C22H28O2. The van der Waals surface area contributed by atoms with Gasteiger partial charge in [-0.15, -0.1) is 5.73 Å². The smallest absolute Gasteiger partial charge is 0.143 e. The Kier molecular flexibility index (Phi) is 7.74. The maximum atomic E-state index is 12.1. The largest absolute Gasteiger partial charge is 0.393 e. The van der Waals surface area contributed by atoms with Gasteiger partial charge >= 0.3 is 0 Å². The SMILES string of the molecule is CCC=C=CCC[C@H]1C(=O)CC=C1CC[C@H](O)Cc1ccccc1. The molecule has 1 aromatic rings. The molecule has 0 bridgehead atoms. The fraction of sp³-hybridized carbons (Fsp3) is 0.455. The normalized spacial score (nSPS) is 18.0. The molecule has 1 N–H and O–H groups in total. The number of carbonyl (C=O) groups is 1. The van der Waals surface area contributed by atoms with Gasteiger partial charge in [-0.25, -0.2) is 0 Å². The standard InChI is InChI=1S/C22H28O2/c1-2-3-4-5-9-12-21-19(14-16-22(21)24)13-15-20(23)17-18-10-7-6-8-11-18/h3,5-8,10-11,14,20-21,23H,2,9,12-13,15-17H2,1H3/t4?,20-,21+/m0/s1. The Morgan fingerprint density at radius 2 is 2.08 bits per heavy atom. The molecule has 1 aliphatic rings. The van der Waals surface area contributed by atoms with Gasteiger partial charge in [0.2, 0.25) is 0 Å². The van der Waals surface area contributed by atoms with Gasteiger partial charge in [0.1, 0.15) is 5.78 Å². The molecule has 2 rings (SSSR count). The van der Waals surface area contributed by atoms with E-state index in [2.05, 4.69) is 18.7 Å². The second-order valence-electron chi connectivity index (χ2n) is 6.44. The summed E-state index contributed by atoms with van der Waals surface area (Å²) in [6.45, 7) is 2.09. The van der Waals surface area contributed by atoms with Crippen LogP contribution in [0.4, 0.5) is 0 Å². The van der Waals surface area contributed by atoms with Gasteiger partial charge < -0.3 is 5.11 Å². The zero-order valence-corrected chi connectivity index (χ0v) is 14.6. The van der Waals surface area contributed by atoms with Gasteiger partial charge in [0, 0.05) is 12.3 Å². The van der Waals surface area contributed by atoms with E-state index in [1.165, 1.54) is 5.57 Å². The summed E-state index contributed by atoms with van der Waals surface area (Å²) < 4.78 is 0. The van der Waals surface area contributed by atoms with Crippen LogP contribution in [0.1, 0.15) is 51.0 Å². The van der Waals surface area contributed by atoms with Gasteiger partial charge in [0.05, 0.1) is 6.10 Å². The van der Waals surface area contributed by atoms with Gasteiger partial charge in [-0.1, -0.05) is 48.9 Å². The van der Waals surface area contributed by atoms with Crippen LogP contribution in [-0.4, -0.2) is 17.0 Å². The van der Waals surface area contributed by atoms with E-state index in [4.69, 9.17) is 0 Å². The van der Waals surface area contributed by atoms with Crippen molar-refractivity contribution in [2.75, 3.05) is 0 Å². The lowest BCUT2D eigenvalue weighted by atomic mass is 9.90. The Morgan fingerprint density at radius 1 is 1.29 bits per heavy atom. The van der Waals surface area contributed by atoms with Crippen LogP contribution in [0.25, 0.3) is 0 Å². The first-order chi connectivity index (χ1) is 11.7. The van der Waals surface area contributed by atoms with Crippen LogP contribution in [0.3, 0.4) is 0 Å². The van der Waals surface area contributed by atoms with Crippen molar-refractivity contribution in [2.45, 2.75) is 58.0 Å². The van der Waals surface area contributed by atoms with E-state index in [9.17, 15) is 9.90 Å². The van der Waals surface area contributed by atoms with Crippen molar-refractivity contribution in [1.29, 1.82) is 0 Å². The molecular weight excluding hydrogens is 296 g/mol. The van der Waals surface area contributed by atoms with Crippen LogP contribution in [0.15, 0.2) is 59.9 Å². The molecule has 0 radical (unpaired) electrons. The number of aliphatic hydroxyl groups excluding tert-OH is 1. The predicted octanol–water partition coefficient (Wildman–Crippen LogP) is 4.79. The number of allylic oxidation sites excluding steroid dienone is 3. The quantitative estimate of drug-likeness (QED) is 0.524. The Hall–Kier alpha value is -1.89. The second kappa shape index (κ2) is 10.1. The van der Waals surface area contributed by atoms with Crippen molar-refractivity contribution in [3.8, 4) is 0 Å². The minimum Gasteiger partial charge on any atom is -0.393 e. The number of carbonyl (C=O) groups excluding carboxylic acids is 1. The molecule has 128 valence electrons. The van der Waals surface area contributed by atoms with E-state index in [1.54, 1.807) is 0 Å². The maximum Gasteiger partial charge on any atom is 0.143 e. The zero-order chi connectivity index (χ0) is 17.2. The van der Waals surface area contributed by atoms with Crippen molar-refractivity contribution < 1.29 is 9.90 Å². The molecule has 24 heavy (non-hydrogen) atoms. The van der Waals surface area contributed by atoms with Crippen LogP contribution in [-0.2, 0) is 11.2 Å². The second-order valence-corrected chi connectivity index (χ2v) is 6.44. The minimum absolute atomic E-state index is 0.0496. The molecule has 0 saturated carbocycles. The van der Waals surface area contributed by atoms with Crippen molar-refractivity contribution >= 4 is 5.78 Å². The summed E-state index contributed by atoms with van der Waals surface area (Å²) in [5.74, 6) is 0.379. The summed E-state index contributed by atoms with van der Waals surface area (Å²) in [6.07, 6.45) is 11.3. The van der Waals surface area contributed by atoms with E-state index in [-0.39, 0.29) is 12.0 Å². The van der Waals surface area contributed by atoms with Gasteiger partial charge in [0.15, 0.2) is 0 Å². The highest BCUT2D eigenvalue weighted by Crippen LogP contribution is 2.30. The molecule has 0 spiro atoms. The van der Waals surface area contributed by atoms with E-state index in [1.807, 2.05) is 42.5 Å². The molecule has 1 aliphatic carbocycles. The van der Waals surface area contributed by atoms with Crippen molar-refractivity contribution in [2.24, 2.45) is 5.92 Å². The maximum absolute atomic E-state index is 12.1. The van der Waals surface area contributed by atoms with Crippen LogP contribution in [0.5, 0.6) is 0 Å². The predicted molar refractivity (Wildman–Crippen MR) is 98.8 cm³/mol. The third-order valence-electron chi connectivity index (χ3n) is 4.52. The van der Waals surface area contributed by atoms with Gasteiger partial charge in [-0.2, -0.15) is 0 Å². The van der Waals surface area contributed by atoms with E-state index >= 15 is 0 Å². The molecule has 0 unspecified atom stereocenters. The fourth-order valence-electron chi connectivity index (χ4n) is 3.20. The number of hydrogen-bond donors (Lipinski definition) is 1. The first-order valence-electron chi connectivity index (χ1n) is 9.03. The van der Waals surface area contributed by atoms with Crippen LogP contribution in [0.2, 0.25) is 0 Å². The molecule has 0 aliphatic heterocycles. The highest BCUT2D eigenvalue weighted by molar-refractivity contribution is 5.88. The van der Waals surface area contributed by atoms with Gasteiger partial charge in [-0.05, 0) is 56.2 Å². The van der Waals surface area contributed by atoms with Crippen molar-refractivity contribution in [1.82, 2.24) is 0 Å². The number of rotatable bonds is 9. The average molecular weight is 324 g/mol. The van der Waals surface area contributed by atoms with Crippen molar-refractivity contribution in [3.63, 3.8) is 0 Å². The first kappa shape index (κ1) is 18.4. The Labute approximate surface area is 145 Å². The Balaban J connectivity index is 1.79. The number of ketones is 1. The third-order valence-corrected chi connectivity index (χ3v) is 4.52. The average Bonchev–Trinajstić information content (AvgIpc) is 2.94. The number of hydrogen-bond acceptors (Lipinski definition) is 2. The minimum atomic E-state index is -0.350. The molecule has 0 aromatic heterocycles. The molecule has 0 amide bonds. The number of aliphatic hydroxyl groups is 1. The van der Waals surface area contributed by atoms with Gasteiger partial charge in [-0.3, -0.25) is 4.79 Å². The summed E-state index contributed by atoms with van der Waals surface area (Å²) in [7, 11) is 0. The molecule has 0 fully saturated rings. The molecule has 0 saturated heterocycles. The number of benzene rings is 1. The Bertz CT molecular complexity index is 606. The lowest BCUT2D eigenvalue weighted by Gasteiger charge is -2.15. The number of Topliss-reactive ketones (excluding diaryl/α,β-unsaturated/α-hetero) is 1. The van der Waals surface area contributed by atoms with Crippen LogP contribution >= 0.6 is 0 Å². The van der Waals surface area contributed by atoms with Crippen LogP contribution in [0, 0.1) is 5.92 Å². The summed E-state index contributed by atoms with van der Waals surface area (Å²) in [6, 6.07) is 10.1. The molecule has 1 aromatic carbocycles. The van der Waals surface area contributed by atoms with Crippen molar-refractivity contribution in [3.05, 3.63) is 65.4 Å². The summed E-state index contributed by atoms with van der Waals surface area (Å²) in [5.41, 5.74) is 5.53. The lowest BCUT2D eigenvalue weighted by molar-refractivity contribution is -0.120. The van der Waals surface area contributed by atoms with E-state index in [0.717, 1.165) is 37.7 Å². The third kappa shape index (κ3) is 5.96. The Morgan fingerprint density at radius 3 is 2.83 bits per heavy atom. The molecule has 2 heteroatoms. The van der Waals surface area contributed by atoms with E-state index < -0.39 is 0 Å². The summed E-state index contributed by atoms with van der Waals surface area (Å²) in [4.78, 5) is 12.1. The highest BCUT2D eigenvalue weighted by atomic mass is 16.3. The van der Waals surface area contributed by atoms with E-state index in [0.29, 0.717) is 18.6 Å². The molecule has 2 nitrogen and oxygen atoms in total.